The lowest BCUT2D eigenvalue weighted by Crippen LogP contribution is -2.30. The molecule has 1 aliphatic heterocycles. The van der Waals surface area contributed by atoms with Crippen LogP contribution in [0.3, 0.4) is 0 Å². The van der Waals surface area contributed by atoms with Crippen molar-refractivity contribution in [2.75, 3.05) is 14.2 Å². The van der Waals surface area contributed by atoms with Gasteiger partial charge < -0.3 is 19.2 Å². The maximum Gasteiger partial charge on any atom is 0.373 e. The first-order valence-corrected chi connectivity index (χ1v) is 8.34. The minimum absolute atomic E-state index is 0.00254. The SMILES string of the molecule is COC(=O)c1ccc(CN2C(=O)N/C(=C\C=C\c3ccc(OC)cc3)C2=O)o1. The van der Waals surface area contributed by atoms with Gasteiger partial charge in [0.15, 0.2) is 0 Å². The highest BCUT2D eigenvalue weighted by Gasteiger charge is 2.34. The van der Waals surface area contributed by atoms with Crippen LogP contribution in [0.1, 0.15) is 21.9 Å². The highest BCUT2D eigenvalue weighted by atomic mass is 16.5. The van der Waals surface area contributed by atoms with E-state index in [1.54, 1.807) is 19.3 Å². The first-order valence-electron chi connectivity index (χ1n) is 8.34. The van der Waals surface area contributed by atoms with Crippen molar-refractivity contribution in [1.82, 2.24) is 10.2 Å². The van der Waals surface area contributed by atoms with E-state index in [1.165, 1.54) is 25.3 Å². The molecule has 144 valence electrons. The van der Waals surface area contributed by atoms with Gasteiger partial charge in [-0.3, -0.25) is 9.69 Å². The zero-order valence-corrected chi connectivity index (χ0v) is 15.3. The van der Waals surface area contributed by atoms with E-state index in [4.69, 9.17) is 9.15 Å². The van der Waals surface area contributed by atoms with Crippen molar-refractivity contribution >= 4 is 24.0 Å². The summed E-state index contributed by atoms with van der Waals surface area (Å²) in [6, 6.07) is 9.75. The standard InChI is InChI=1S/C20H18N2O6/c1-26-14-8-6-13(7-9-14)4-3-5-16-18(23)22(20(25)21-16)12-15-10-11-17(28-15)19(24)27-2/h3-11H,12H2,1-2H3,(H,21,25)/b4-3+,16-5-. The van der Waals surface area contributed by atoms with Crippen LogP contribution in [-0.4, -0.2) is 37.0 Å². The summed E-state index contributed by atoms with van der Waals surface area (Å²) in [6.45, 7) is -0.0960. The van der Waals surface area contributed by atoms with Crippen molar-refractivity contribution in [3.63, 3.8) is 0 Å². The van der Waals surface area contributed by atoms with Crippen molar-refractivity contribution in [3.8, 4) is 5.75 Å². The van der Waals surface area contributed by atoms with Gasteiger partial charge in [-0.25, -0.2) is 9.59 Å². The summed E-state index contributed by atoms with van der Waals surface area (Å²) in [5.41, 5.74) is 1.06. The lowest BCUT2D eigenvalue weighted by Gasteiger charge is -2.09. The molecule has 0 saturated carbocycles. The van der Waals surface area contributed by atoms with E-state index in [1.807, 2.05) is 24.3 Å². The van der Waals surface area contributed by atoms with E-state index in [0.29, 0.717) is 5.76 Å². The molecule has 1 saturated heterocycles. The smallest absolute Gasteiger partial charge is 0.373 e. The second-order valence-electron chi connectivity index (χ2n) is 5.79. The number of imide groups is 1. The van der Waals surface area contributed by atoms with Crippen LogP contribution in [0, 0.1) is 0 Å². The number of nitrogens with zero attached hydrogens (tertiary/aromatic N) is 1. The molecule has 2 heterocycles. The highest BCUT2D eigenvalue weighted by Crippen LogP contribution is 2.17. The Bertz CT molecular complexity index is 955. The van der Waals surface area contributed by atoms with Gasteiger partial charge >= 0.3 is 12.0 Å². The second kappa shape index (κ2) is 8.26. The third-order valence-electron chi connectivity index (χ3n) is 3.99. The maximum absolute atomic E-state index is 12.4. The maximum atomic E-state index is 12.4. The number of hydrogen-bond donors (Lipinski definition) is 1. The van der Waals surface area contributed by atoms with Crippen LogP contribution in [0.4, 0.5) is 4.79 Å². The molecule has 1 fully saturated rings. The summed E-state index contributed by atoms with van der Waals surface area (Å²) in [7, 11) is 2.83. The number of rotatable bonds is 6. The monoisotopic (exact) mass is 382 g/mol. The number of nitrogens with one attached hydrogen (secondary N) is 1. The minimum Gasteiger partial charge on any atom is -0.497 e. The van der Waals surface area contributed by atoms with Crippen LogP contribution < -0.4 is 10.1 Å². The fraction of sp³-hybridized carbons (Fsp3) is 0.150. The van der Waals surface area contributed by atoms with Gasteiger partial charge in [-0.15, -0.1) is 0 Å². The quantitative estimate of drug-likeness (QED) is 0.469. The normalized spacial score (nSPS) is 15.4. The lowest BCUT2D eigenvalue weighted by molar-refractivity contribution is -0.123. The molecule has 1 aromatic heterocycles. The molecule has 28 heavy (non-hydrogen) atoms. The number of methoxy groups -OCH3 is 2. The molecule has 3 amide bonds. The van der Waals surface area contributed by atoms with Crippen LogP contribution in [-0.2, 0) is 16.1 Å². The number of carbonyl (C=O) groups excluding carboxylic acids is 3. The van der Waals surface area contributed by atoms with E-state index in [2.05, 4.69) is 10.1 Å². The number of hydrogen-bond acceptors (Lipinski definition) is 6. The number of benzene rings is 1. The van der Waals surface area contributed by atoms with Crippen molar-refractivity contribution in [2.45, 2.75) is 6.54 Å². The second-order valence-corrected chi connectivity index (χ2v) is 5.79. The third kappa shape index (κ3) is 4.12. The molecule has 0 unspecified atom stereocenters. The largest absolute Gasteiger partial charge is 0.497 e. The first-order chi connectivity index (χ1) is 13.5. The Kier molecular flexibility index (Phi) is 5.59. The van der Waals surface area contributed by atoms with E-state index < -0.39 is 17.9 Å². The molecule has 0 spiro atoms. The Labute approximate surface area is 161 Å². The number of amides is 3. The van der Waals surface area contributed by atoms with Crippen LogP contribution in [0.5, 0.6) is 5.75 Å². The Morgan fingerprint density at radius 3 is 2.57 bits per heavy atom. The molecule has 8 nitrogen and oxygen atoms in total. The van der Waals surface area contributed by atoms with Gasteiger partial charge in [0, 0.05) is 0 Å². The number of ether oxygens (including phenoxy) is 2. The fourth-order valence-corrected chi connectivity index (χ4v) is 2.53. The van der Waals surface area contributed by atoms with Gasteiger partial charge in [0.1, 0.15) is 17.2 Å². The average Bonchev–Trinajstić information content (AvgIpc) is 3.28. The topological polar surface area (TPSA) is 98.1 Å². The molecule has 0 aliphatic carbocycles. The van der Waals surface area contributed by atoms with Crippen molar-refractivity contribution in [1.29, 1.82) is 0 Å². The summed E-state index contributed by atoms with van der Waals surface area (Å²) < 4.78 is 14.9. The fourth-order valence-electron chi connectivity index (χ4n) is 2.53. The summed E-state index contributed by atoms with van der Waals surface area (Å²) in [6.07, 6.45) is 4.98. The molecule has 8 heteroatoms. The summed E-state index contributed by atoms with van der Waals surface area (Å²) >= 11 is 0. The number of esters is 1. The van der Waals surface area contributed by atoms with Crippen LogP contribution in [0.25, 0.3) is 6.08 Å². The Morgan fingerprint density at radius 1 is 1.14 bits per heavy atom. The predicted octanol–water partition coefficient (Wildman–Crippen LogP) is 2.72. The molecule has 3 rings (SSSR count). The Hall–Kier alpha value is -3.81. The van der Waals surface area contributed by atoms with Crippen molar-refractivity contribution in [2.24, 2.45) is 0 Å². The molecular weight excluding hydrogens is 364 g/mol. The summed E-state index contributed by atoms with van der Waals surface area (Å²) in [5.74, 6) is -0.0764. The Balaban J connectivity index is 1.66. The van der Waals surface area contributed by atoms with Crippen LogP contribution in [0.2, 0.25) is 0 Å². The molecule has 0 radical (unpaired) electrons. The molecule has 0 atom stereocenters. The van der Waals surface area contributed by atoms with Crippen LogP contribution >= 0.6 is 0 Å². The molecule has 0 bridgehead atoms. The molecule has 1 N–H and O–H groups in total. The van der Waals surface area contributed by atoms with Gasteiger partial charge in [0.2, 0.25) is 5.76 Å². The van der Waals surface area contributed by atoms with Crippen LogP contribution in [0.15, 0.2) is 58.7 Å². The van der Waals surface area contributed by atoms with Gasteiger partial charge in [-0.2, -0.15) is 0 Å². The van der Waals surface area contributed by atoms with Gasteiger partial charge in [-0.05, 0) is 35.9 Å². The molecule has 1 aromatic carbocycles. The molecule has 2 aromatic rings. The van der Waals surface area contributed by atoms with E-state index in [-0.39, 0.29) is 18.0 Å². The van der Waals surface area contributed by atoms with E-state index in [9.17, 15) is 14.4 Å². The first kappa shape index (κ1) is 19.0. The lowest BCUT2D eigenvalue weighted by atomic mass is 10.2. The number of carbonyl (C=O) groups is 3. The van der Waals surface area contributed by atoms with E-state index >= 15 is 0 Å². The van der Waals surface area contributed by atoms with Gasteiger partial charge in [0.05, 0.1) is 20.8 Å². The van der Waals surface area contributed by atoms with Gasteiger partial charge in [-0.1, -0.05) is 24.3 Å². The average molecular weight is 382 g/mol. The summed E-state index contributed by atoms with van der Waals surface area (Å²) in [5, 5.41) is 2.51. The minimum atomic E-state index is -0.632. The highest BCUT2D eigenvalue weighted by molar-refractivity contribution is 6.11. The predicted molar refractivity (Wildman–Crippen MR) is 99.2 cm³/mol. The number of allylic oxidation sites excluding steroid dienone is 2. The van der Waals surface area contributed by atoms with E-state index in [0.717, 1.165) is 16.2 Å². The summed E-state index contributed by atoms with van der Waals surface area (Å²) in [4.78, 5) is 36.9. The third-order valence-corrected chi connectivity index (χ3v) is 3.99. The van der Waals surface area contributed by atoms with Crippen molar-refractivity contribution in [3.05, 3.63) is 71.3 Å². The molecular formula is C20H18N2O6. The number of furan rings is 1. The van der Waals surface area contributed by atoms with Gasteiger partial charge in [0.25, 0.3) is 5.91 Å². The zero-order valence-electron chi connectivity index (χ0n) is 15.3. The van der Waals surface area contributed by atoms with Crippen molar-refractivity contribution < 1.29 is 28.3 Å². The number of urea groups is 1. The zero-order chi connectivity index (χ0) is 20.1. The Morgan fingerprint density at radius 2 is 1.89 bits per heavy atom. The molecule has 1 aliphatic rings.